The molecule has 1 N–H and O–H groups in total. The fraction of sp³-hybridized carbons (Fsp3) is 0.333. The number of likely N-dealkylation sites (N-methyl/N-ethyl adjacent to an activating group) is 1. The first-order chi connectivity index (χ1) is 15.0. The smallest absolute Gasteiger partial charge is 0.244 e. The molecule has 2 rings (SSSR count). The number of halogens is 2. The van der Waals surface area contributed by atoms with Crippen molar-refractivity contribution in [2.24, 2.45) is 0 Å². The minimum atomic E-state index is -3.90. The molecule has 0 bridgehead atoms. The van der Waals surface area contributed by atoms with Crippen LogP contribution in [0.3, 0.4) is 0 Å². The van der Waals surface area contributed by atoms with Gasteiger partial charge in [0.1, 0.15) is 18.3 Å². The van der Waals surface area contributed by atoms with Gasteiger partial charge in [-0.25, -0.2) is 8.42 Å². The highest BCUT2D eigenvalue weighted by Gasteiger charge is 2.31. The highest BCUT2D eigenvalue weighted by atomic mass is 35.5. The van der Waals surface area contributed by atoms with Gasteiger partial charge in [0.2, 0.25) is 21.8 Å². The lowest BCUT2D eigenvalue weighted by molar-refractivity contribution is -0.139. The first kappa shape index (κ1) is 25.8. The molecule has 2 amide bonds. The van der Waals surface area contributed by atoms with Crippen LogP contribution in [-0.2, 0) is 26.2 Å². The minimum absolute atomic E-state index is 0.0782. The Morgan fingerprint density at radius 3 is 2.22 bits per heavy atom. The highest BCUT2D eigenvalue weighted by molar-refractivity contribution is 7.92. The molecule has 0 aliphatic rings. The second-order valence-corrected chi connectivity index (χ2v) is 9.80. The van der Waals surface area contributed by atoms with Crippen LogP contribution in [-0.4, -0.2) is 58.1 Å². The average molecular weight is 502 g/mol. The normalized spacial score (nSPS) is 12.1. The standard InChI is InChI=1S/C21H25Cl2N3O5S/c1-14(21(28)24-2)25(12-15-5-7-16(22)8-6-15)20(27)13-26(32(4,29)30)18-11-17(23)9-10-19(18)31-3/h5-11,14H,12-13H2,1-4H3,(H,24,28)/t14-/m1/s1. The van der Waals surface area contributed by atoms with Gasteiger partial charge in [-0.1, -0.05) is 35.3 Å². The van der Waals surface area contributed by atoms with Crippen LogP contribution in [0.2, 0.25) is 10.0 Å². The Kier molecular flexibility index (Phi) is 8.77. The Morgan fingerprint density at radius 2 is 1.69 bits per heavy atom. The quantitative estimate of drug-likeness (QED) is 0.569. The van der Waals surface area contributed by atoms with Crippen molar-refractivity contribution < 1.29 is 22.7 Å². The lowest BCUT2D eigenvalue weighted by Crippen LogP contribution is -2.50. The third kappa shape index (κ3) is 6.51. The van der Waals surface area contributed by atoms with Crippen LogP contribution >= 0.6 is 23.2 Å². The van der Waals surface area contributed by atoms with E-state index in [-0.39, 0.29) is 23.0 Å². The fourth-order valence-electron chi connectivity index (χ4n) is 3.03. The number of hydrogen-bond donors (Lipinski definition) is 1. The number of hydrogen-bond acceptors (Lipinski definition) is 5. The second-order valence-electron chi connectivity index (χ2n) is 7.02. The van der Waals surface area contributed by atoms with Crippen LogP contribution in [0.15, 0.2) is 42.5 Å². The number of amides is 2. The maximum atomic E-state index is 13.3. The summed E-state index contributed by atoms with van der Waals surface area (Å²) in [6, 6.07) is 10.4. The van der Waals surface area contributed by atoms with Crippen LogP contribution < -0.4 is 14.4 Å². The Hall–Kier alpha value is -2.49. The summed E-state index contributed by atoms with van der Waals surface area (Å²) in [6.45, 7) is 1.09. The van der Waals surface area contributed by atoms with Crippen molar-refractivity contribution in [3.05, 3.63) is 58.1 Å². The number of carbonyl (C=O) groups excluding carboxylic acids is 2. The van der Waals surface area contributed by atoms with Gasteiger partial charge in [0.15, 0.2) is 0 Å². The number of nitrogens with one attached hydrogen (secondary N) is 1. The summed E-state index contributed by atoms with van der Waals surface area (Å²) in [5.41, 5.74) is 0.847. The van der Waals surface area contributed by atoms with E-state index in [1.165, 1.54) is 31.2 Å². The zero-order chi connectivity index (χ0) is 24.1. The van der Waals surface area contributed by atoms with E-state index in [1.807, 2.05) is 0 Å². The fourth-order valence-corrected chi connectivity index (χ4v) is 4.17. The van der Waals surface area contributed by atoms with Gasteiger partial charge in [0.25, 0.3) is 0 Å². The summed E-state index contributed by atoms with van der Waals surface area (Å²) in [5, 5.41) is 3.32. The predicted octanol–water partition coefficient (Wildman–Crippen LogP) is 2.93. The van der Waals surface area contributed by atoms with E-state index in [4.69, 9.17) is 27.9 Å². The molecule has 2 aromatic rings. The third-order valence-electron chi connectivity index (χ3n) is 4.77. The Morgan fingerprint density at radius 1 is 1.09 bits per heavy atom. The summed E-state index contributed by atoms with van der Waals surface area (Å²) in [6.07, 6.45) is 0.979. The van der Waals surface area contributed by atoms with Gasteiger partial charge in [0, 0.05) is 23.6 Å². The van der Waals surface area contributed by atoms with Crippen molar-refractivity contribution in [3.8, 4) is 5.75 Å². The highest BCUT2D eigenvalue weighted by Crippen LogP contribution is 2.33. The van der Waals surface area contributed by atoms with Crippen molar-refractivity contribution in [2.75, 3.05) is 31.3 Å². The van der Waals surface area contributed by atoms with Gasteiger partial charge in [0.05, 0.1) is 19.1 Å². The Balaban J connectivity index is 2.44. The van der Waals surface area contributed by atoms with E-state index in [0.717, 1.165) is 16.1 Å². The molecule has 8 nitrogen and oxygen atoms in total. The van der Waals surface area contributed by atoms with Gasteiger partial charge in [-0.3, -0.25) is 13.9 Å². The summed E-state index contributed by atoms with van der Waals surface area (Å²) in [5.74, 6) is -0.738. The van der Waals surface area contributed by atoms with Crippen LogP contribution in [0.25, 0.3) is 0 Å². The molecule has 2 aromatic carbocycles. The van der Waals surface area contributed by atoms with E-state index in [1.54, 1.807) is 37.3 Å². The lowest BCUT2D eigenvalue weighted by Gasteiger charge is -2.31. The van der Waals surface area contributed by atoms with Crippen molar-refractivity contribution in [1.29, 1.82) is 0 Å². The first-order valence-electron chi connectivity index (χ1n) is 9.54. The molecule has 0 saturated heterocycles. The van der Waals surface area contributed by atoms with Crippen LogP contribution in [0.5, 0.6) is 5.75 Å². The van der Waals surface area contributed by atoms with Crippen molar-refractivity contribution in [3.63, 3.8) is 0 Å². The van der Waals surface area contributed by atoms with Gasteiger partial charge < -0.3 is 15.0 Å². The van der Waals surface area contributed by atoms with Crippen molar-refractivity contribution in [2.45, 2.75) is 19.5 Å². The molecule has 1 atom stereocenters. The lowest BCUT2D eigenvalue weighted by atomic mass is 10.1. The van der Waals surface area contributed by atoms with E-state index in [2.05, 4.69) is 5.32 Å². The monoisotopic (exact) mass is 501 g/mol. The van der Waals surface area contributed by atoms with Crippen LogP contribution in [0, 0.1) is 0 Å². The SMILES string of the molecule is CNC(=O)[C@@H](C)N(Cc1ccc(Cl)cc1)C(=O)CN(c1cc(Cl)ccc1OC)S(C)(=O)=O. The Labute approximate surface area is 198 Å². The molecule has 0 aromatic heterocycles. The number of benzene rings is 2. The topological polar surface area (TPSA) is 96.0 Å². The number of ether oxygens (including phenoxy) is 1. The van der Waals surface area contributed by atoms with E-state index in [9.17, 15) is 18.0 Å². The number of anilines is 1. The maximum absolute atomic E-state index is 13.3. The molecule has 0 aliphatic heterocycles. The van der Waals surface area contributed by atoms with Crippen molar-refractivity contribution in [1.82, 2.24) is 10.2 Å². The van der Waals surface area contributed by atoms with Crippen LogP contribution in [0.1, 0.15) is 12.5 Å². The Bertz CT molecular complexity index is 1080. The molecule has 0 spiro atoms. The van der Waals surface area contributed by atoms with Gasteiger partial charge >= 0.3 is 0 Å². The molecule has 32 heavy (non-hydrogen) atoms. The molecular weight excluding hydrogens is 477 g/mol. The van der Waals surface area contributed by atoms with E-state index < -0.39 is 34.4 Å². The molecule has 0 heterocycles. The number of rotatable bonds is 9. The maximum Gasteiger partial charge on any atom is 0.244 e. The van der Waals surface area contributed by atoms with Gasteiger partial charge in [-0.05, 0) is 42.8 Å². The zero-order valence-electron chi connectivity index (χ0n) is 18.1. The summed E-state index contributed by atoms with van der Waals surface area (Å²) < 4.78 is 31.3. The number of methoxy groups -OCH3 is 1. The summed E-state index contributed by atoms with van der Waals surface area (Å²) in [4.78, 5) is 26.9. The average Bonchev–Trinajstić information content (AvgIpc) is 2.75. The third-order valence-corrected chi connectivity index (χ3v) is 6.38. The van der Waals surface area contributed by atoms with Crippen molar-refractivity contribution >= 4 is 50.7 Å². The first-order valence-corrected chi connectivity index (χ1v) is 12.1. The van der Waals surface area contributed by atoms with E-state index >= 15 is 0 Å². The van der Waals surface area contributed by atoms with Gasteiger partial charge in [-0.15, -0.1) is 0 Å². The molecule has 0 unspecified atom stereocenters. The number of carbonyl (C=O) groups is 2. The molecule has 174 valence electrons. The van der Waals surface area contributed by atoms with E-state index in [0.29, 0.717) is 5.02 Å². The second kappa shape index (κ2) is 10.9. The molecule has 0 aliphatic carbocycles. The van der Waals surface area contributed by atoms with Crippen LogP contribution in [0.4, 0.5) is 5.69 Å². The molecular formula is C21H25Cl2N3O5S. The minimum Gasteiger partial charge on any atom is -0.495 e. The predicted molar refractivity (Wildman–Crippen MR) is 126 cm³/mol. The molecule has 0 radical (unpaired) electrons. The summed E-state index contributed by atoms with van der Waals surface area (Å²) >= 11 is 12.0. The summed E-state index contributed by atoms with van der Waals surface area (Å²) in [7, 11) is -1.05. The largest absolute Gasteiger partial charge is 0.495 e. The number of sulfonamides is 1. The zero-order valence-corrected chi connectivity index (χ0v) is 20.5. The van der Waals surface area contributed by atoms with Gasteiger partial charge in [-0.2, -0.15) is 0 Å². The molecule has 0 fully saturated rings. The number of nitrogens with zero attached hydrogens (tertiary/aromatic N) is 2. The molecule has 0 saturated carbocycles. The molecule has 11 heteroatoms.